The van der Waals surface area contributed by atoms with Crippen molar-refractivity contribution in [3.05, 3.63) is 72.0 Å². The Kier molecular flexibility index (Phi) is 3.21. The Morgan fingerprint density at radius 2 is 2.00 bits per heavy atom. The smallest absolute Gasteiger partial charge is 0.214 e. The highest BCUT2D eigenvalue weighted by atomic mass is 16.5. The van der Waals surface area contributed by atoms with Crippen molar-refractivity contribution in [1.29, 1.82) is 0 Å². The molecule has 4 nitrogen and oxygen atoms in total. The number of fused-ring (bicyclic) bond motifs is 1. The molecule has 3 rings (SSSR count). The van der Waals surface area contributed by atoms with Gasteiger partial charge in [-0.15, -0.1) is 0 Å². The van der Waals surface area contributed by atoms with Gasteiger partial charge in [0.1, 0.15) is 13.6 Å². The van der Waals surface area contributed by atoms with Gasteiger partial charge in [-0.1, -0.05) is 30.3 Å². The first kappa shape index (κ1) is 12.4. The van der Waals surface area contributed by atoms with E-state index < -0.39 is 0 Å². The van der Waals surface area contributed by atoms with Crippen LogP contribution in [0.3, 0.4) is 0 Å². The van der Waals surface area contributed by atoms with Crippen molar-refractivity contribution < 1.29 is 4.74 Å². The monoisotopic (exact) mass is 265 g/mol. The summed E-state index contributed by atoms with van der Waals surface area (Å²) in [7, 11) is 1.53. The van der Waals surface area contributed by atoms with E-state index in [0.717, 1.165) is 15.7 Å². The predicted octanol–water partition coefficient (Wildman–Crippen LogP) is 2.67. The Labute approximate surface area is 117 Å². The van der Waals surface area contributed by atoms with E-state index in [1.165, 1.54) is 12.4 Å². The number of hydrogen-bond donors (Lipinski definition) is 0. The van der Waals surface area contributed by atoms with Crippen molar-refractivity contribution in [2.24, 2.45) is 0 Å². The summed E-state index contributed by atoms with van der Waals surface area (Å²) in [5, 5.41) is 14.2. The molecule has 0 saturated carbocycles. The zero-order chi connectivity index (χ0) is 13.9. The second-order valence-electron chi connectivity index (χ2n) is 4.74. The lowest BCUT2D eigenvalue weighted by Crippen LogP contribution is -2.19. The molecule has 0 aliphatic carbocycles. The molecular formula is C16H15N3O. The van der Waals surface area contributed by atoms with Crippen molar-refractivity contribution in [1.82, 2.24) is 9.55 Å². The Morgan fingerprint density at radius 1 is 1.20 bits per heavy atom. The fourth-order valence-corrected chi connectivity index (χ4v) is 2.29. The fraction of sp³-hybridized carbons (Fsp3) is 0.125. The number of hydroxylamine groups is 1. The van der Waals surface area contributed by atoms with Gasteiger partial charge in [-0.3, -0.25) is 0 Å². The highest BCUT2D eigenvalue weighted by Crippen LogP contribution is 2.16. The van der Waals surface area contributed by atoms with Crippen molar-refractivity contribution >= 4 is 16.5 Å². The molecule has 0 fully saturated rings. The molecule has 0 unspecified atom stereocenters. The van der Waals surface area contributed by atoms with Gasteiger partial charge in [0.15, 0.2) is 0 Å². The van der Waals surface area contributed by atoms with Gasteiger partial charge < -0.3 is 9.77 Å². The molecule has 1 heterocycles. The van der Waals surface area contributed by atoms with Crippen LogP contribution < -0.4 is 0 Å². The molecule has 0 spiro atoms. The molecule has 0 aliphatic rings. The maximum Gasteiger partial charge on any atom is 0.214 e. The number of benzene rings is 2. The third-order valence-corrected chi connectivity index (χ3v) is 3.35. The van der Waals surface area contributed by atoms with Crippen LogP contribution >= 0.6 is 0 Å². The number of imidazole rings is 1. The van der Waals surface area contributed by atoms with Crippen LogP contribution in [-0.2, 0) is 6.54 Å². The van der Waals surface area contributed by atoms with Crippen LogP contribution in [0.5, 0.6) is 0 Å². The summed E-state index contributed by atoms with van der Waals surface area (Å²) in [6, 6.07) is 14.2. The number of aromatic nitrogens is 2. The van der Waals surface area contributed by atoms with Gasteiger partial charge >= 0.3 is 0 Å². The average Bonchev–Trinajstić information content (AvgIpc) is 2.97. The summed E-state index contributed by atoms with van der Waals surface area (Å²) in [5.41, 5.74) is 1.66. The minimum absolute atomic E-state index is 0.512. The van der Waals surface area contributed by atoms with E-state index in [9.17, 15) is 5.21 Å². The summed E-state index contributed by atoms with van der Waals surface area (Å²) in [4.78, 5) is 4.01. The Balaban J connectivity index is 2.04. The molecule has 0 N–H and O–H groups in total. The van der Waals surface area contributed by atoms with Gasteiger partial charge in [0.2, 0.25) is 5.71 Å². The number of nitrogens with zero attached hydrogens (tertiary/aromatic N) is 3. The van der Waals surface area contributed by atoms with E-state index in [-0.39, 0.29) is 0 Å². The lowest BCUT2D eigenvalue weighted by molar-refractivity contribution is -0.423. The minimum atomic E-state index is 0.512. The zero-order valence-electron chi connectivity index (χ0n) is 11.2. The summed E-state index contributed by atoms with van der Waals surface area (Å²) in [5.74, 6) is 0. The first-order valence-electron chi connectivity index (χ1n) is 6.45. The molecule has 100 valence electrons. The number of rotatable bonds is 3. The highest BCUT2D eigenvalue weighted by molar-refractivity contribution is 6.00. The van der Waals surface area contributed by atoms with E-state index in [1.807, 2.05) is 35.0 Å². The summed E-state index contributed by atoms with van der Waals surface area (Å²) in [6.45, 7) is 0.512. The van der Waals surface area contributed by atoms with Gasteiger partial charge in [-0.2, -0.15) is 0 Å². The van der Waals surface area contributed by atoms with Crippen LogP contribution in [0.1, 0.15) is 5.56 Å². The maximum absolute atomic E-state index is 11.9. The van der Waals surface area contributed by atoms with Crippen LogP contribution in [0.2, 0.25) is 0 Å². The summed E-state index contributed by atoms with van der Waals surface area (Å²) in [6.07, 6.45) is 5.28. The molecule has 0 atom stereocenters. The van der Waals surface area contributed by atoms with Gasteiger partial charge in [0.25, 0.3) is 0 Å². The highest BCUT2D eigenvalue weighted by Gasteiger charge is 2.12. The molecule has 20 heavy (non-hydrogen) atoms. The van der Waals surface area contributed by atoms with Crippen LogP contribution in [0.25, 0.3) is 10.8 Å². The van der Waals surface area contributed by atoms with E-state index >= 15 is 0 Å². The van der Waals surface area contributed by atoms with Crippen LogP contribution in [0, 0.1) is 5.21 Å². The lowest BCUT2D eigenvalue weighted by Gasteiger charge is -2.09. The van der Waals surface area contributed by atoms with Crippen LogP contribution in [0.15, 0.2) is 61.2 Å². The van der Waals surface area contributed by atoms with Crippen molar-refractivity contribution in [3.8, 4) is 0 Å². The Hall–Kier alpha value is -2.62. The van der Waals surface area contributed by atoms with E-state index in [2.05, 4.69) is 23.2 Å². The second-order valence-corrected chi connectivity index (χ2v) is 4.74. The molecule has 2 aromatic carbocycles. The van der Waals surface area contributed by atoms with E-state index in [0.29, 0.717) is 12.3 Å². The standard InChI is InChI=1S/C16H15N3O/c1-18(20)16(11-19-9-8-17-12-19)15-7-6-13-4-2-3-5-14(13)10-15/h2-10,12H,11H2,1H3. The van der Waals surface area contributed by atoms with Crippen LogP contribution in [0.4, 0.5) is 0 Å². The zero-order valence-corrected chi connectivity index (χ0v) is 11.2. The van der Waals surface area contributed by atoms with Gasteiger partial charge in [0, 0.05) is 18.0 Å². The van der Waals surface area contributed by atoms with Gasteiger partial charge in [0.05, 0.1) is 6.33 Å². The topological polar surface area (TPSA) is 43.9 Å². The maximum atomic E-state index is 11.9. The molecule has 1 aromatic heterocycles. The third kappa shape index (κ3) is 2.40. The fourth-order valence-electron chi connectivity index (χ4n) is 2.29. The van der Waals surface area contributed by atoms with Gasteiger partial charge in [-0.25, -0.2) is 9.72 Å². The summed E-state index contributed by atoms with van der Waals surface area (Å²) < 4.78 is 2.81. The lowest BCUT2D eigenvalue weighted by atomic mass is 10.0. The van der Waals surface area contributed by atoms with Crippen molar-refractivity contribution in [2.75, 3.05) is 7.05 Å². The Bertz CT molecular complexity index is 756. The van der Waals surface area contributed by atoms with E-state index in [4.69, 9.17) is 0 Å². The van der Waals surface area contributed by atoms with E-state index in [1.54, 1.807) is 12.5 Å². The molecule has 3 aromatic rings. The molecule has 0 aliphatic heterocycles. The second kappa shape index (κ2) is 5.17. The van der Waals surface area contributed by atoms with Crippen molar-refractivity contribution in [2.45, 2.75) is 6.54 Å². The summed E-state index contributed by atoms with van der Waals surface area (Å²) >= 11 is 0. The third-order valence-electron chi connectivity index (χ3n) is 3.35. The molecule has 0 radical (unpaired) electrons. The Morgan fingerprint density at radius 3 is 2.70 bits per heavy atom. The molecule has 0 saturated heterocycles. The van der Waals surface area contributed by atoms with Gasteiger partial charge in [-0.05, 0) is 22.9 Å². The molecule has 0 amide bonds. The van der Waals surface area contributed by atoms with Crippen molar-refractivity contribution in [3.63, 3.8) is 0 Å². The first-order chi connectivity index (χ1) is 9.74. The normalized spacial score (nSPS) is 12.4. The predicted molar refractivity (Wildman–Crippen MR) is 79.8 cm³/mol. The first-order valence-corrected chi connectivity index (χ1v) is 6.45. The average molecular weight is 265 g/mol. The quantitative estimate of drug-likeness (QED) is 0.316. The SMILES string of the molecule is C[N+]([O-])=C(Cn1ccnc1)c1ccc2ccccc2c1. The van der Waals surface area contributed by atoms with Crippen LogP contribution in [-0.4, -0.2) is 27.0 Å². The number of hydrogen-bond acceptors (Lipinski definition) is 2. The molecule has 0 bridgehead atoms. The molecular weight excluding hydrogens is 250 g/mol. The molecule has 4 heteroatoms. The minimum Gasteiger partial charge on any atom is -0.624 e. The largest absolute Gasteiger partial charge is 0.624 e.